The van der Waals surface area contributed by atoms with Gasteiger partial charge in [0.05, 0.1) is 22.2 Å². The number of aromatic nitrogens is 5. The molecule has 0 saturated carbocycles. The molecule has 0 aliphatic carbocycles. The fourth-order valence-corrected chi connectivity index (χ4v) is 2.57. The topological polar surface area (TPSA) is 135 Å². The predicted molar refractivity (Wildman–Crippen MR) is 97.5 cm³/mol. The Morgan fingerprint density at radius 3 is 2.81 bits per heavy atom. The Morgan fingerprint density at radius 2 is 2.15 bits per heavy atom. The summed E-state index contributed by atoms with van der Waals surface area (Å²) >= 11 is 6.02. The number of nitrogens with two attached hydrogens (primary N) is 1. The second-order valence-corrected chi connectivity index (χ2v) is 6.17. The van der Waals surface area contributed by atoms with Gasteiger partial charge in [0.1, 0.15) is 29.7 Å². The predicted octanol–water partition coefficient (Wildman–Crippen LogP) is 2.46. The first-order valence-electron chi connectivity index (χ1n) is 7.89. The van der Waals surface area contributed by atoms with Crippen LogP contribution in [0.5, 0.6) is 5.75 Å². The first kappa shape index (κ1) is 18.5. The van der Waals surface area contributed by atoms with Crippen molar-refractivity contribution in [2.45, 2.75) is 27.0 Å². The van der Waals surface area contributed by atoms with Crippen molar-refractivity contribution < 1.29 is 9.66 Å². The molecular formula is C16H16ClN7O3. The second kappa shape index (κ2) is 7.54. The number of ether oxygens (including phenoxy) is 1. The number of halogens is 1. The van der Waals surface area contributed by atoms with Crippen LogP contribution in [-0.4, -0.2) is 29.9 Å². The number of rotatable bonds is 6. The SMILES string of the molecule is Cc1ncc(Cn2nnc(COc3ccc([N+](=O)[O-])cc3Cl)c2C)c(N)n1. The molecule has 2 heterocycles. The Kier molecular flexibility index (Phi) is 5.17. The number of non-ortho nitro benzene ring substituents is 1. The lowest BCUT2D eigenvalue weighted by Crippen LogP contribution is -2.09. The molecule has 3 aromatic rings. The highest BCUT2D eigenvalue weighted by atomic mass is 35.5. The van der Waals surface area contributed by atoms with Crippen LogP contribution in [0, 0.1) is 24.0 Å². The van der Waals surface area contributed by atoms with Gasteiger partial charge in [-0.25, -0.2) is 14.6 Å². The minimum atomic E-state index is -0.522. The largest absolute Gasteiger partial charge is 0.486 e. The smallest absolute Gasteiger partial charge is 0.271 e. The van der Waals surface area contributed by atoms with Crippen molar-refractivity contribution in [1.29, 1.82) is 0 Å². The average molecular weight is 390 g/mol. The molecule has 0 atom stereocenters. The molecule has 0 unspecified atom stereocenters. The number of nitro groups is 1. The molecule has 11 heteroatoms. The number of nitrogens with zero attached hydrogens (tertiary/aromatic N) is 6. The number of hydrogen-bond donors (Lipinski definition) is 1. The summed E-state index contributed by atoms with van der Waals surface area (Å²) in [5, 5.41) is 19.1. The maximum absolute atomic E-state index is 10.8. The minimum absolute atomic E-state index is 0.104. The molecule has 0 aliphatic heterocycles. The van der Waals surface area contributed by atoms with Gasteiger partial charge in [-0.05, 0) is 19.9 Å². The van der Waals surface area contributed by atoms with Crippen LogP contribution in [0.25, 0.3) is 0 Å². The first-order valence-corrected chi connectivity index (χ1v) is 8.26. The maximum atomic E-state index is 10.8. The lowest BCUT2D eigenvalue weighted by Gasteiger charge is -2.08. The molecule has 140 valence electrons. The van der Waals surface area contributed by atoms with Gasteiger partial charge >= 0.3 is 0 Å². The molecule has 0 radical (unpaired) electrons. The van der Waals surface area contributed by atoms with E-state index in [2.05, 4.69) is 20.3 Å². The van der Waals surface area contributed by atoms with Gasteiger partial charge in [-0.15, -0.1) is 5.10 Å². The molecule has 3 rings (SSSR count). The van der Waals surface area contributed by atoms with E-state index in [0.29, 0.717) is 29.6 Å². The molecular weight excluding hydrogens is 374 g/mol. The number of anilines is 1. The third-order valence-electron chi connectivity index (χ3n) is 3.91. The summed E-state index contributed by atoms with van der Waals surface area (Å²) in [7, 11) is 0. The highest BCUT2D eigenvalue weighted by molar-refractivity contribution is 6.32. The zero-order valence-electron chi connectivity index (χ0n) is 14.6. The summed E-state index contributed by atoms with van der Waals surface area (Å²) in [6.07, 6.45) is 1.66. The quantitative estimate of drug-likeness (QED) is 0.501. The number of hydrogen-bond acceptors (Lipinski definition) is 8. The number of nitrogen functional groups attached to an aromatic ring is 1. The van der Waals surface area contributed by atoms with Gasteiger partial charge in [-0.2, -0.15) is 0 Å². The summed E-state index contributed by atoms with van der Waals surface area (Å²) in [4.78, 5) is 18.5. The lowest BCUT2D eigenvalue weighted by atomic mass is 10.3. The van der Waals surface area contributed by atoms with Crippen LogP contribution in [-0.2, 0) is 13.2 Å². The van der Waals surface area contributed by atoms with E-state index in [-0.39, 0.29) is 17.3 Å². The van der Waals surface area contributed by atoms with Crippen LogP contribution in [0.2, 0.25) is 5.02 Å². The molecule has 0 saturated heterocycles. The van der Waals surface area contributed by atoms with Crippen molar-refractivity contribution in [3.8, 4) is 5.75 Å². The summed E-state index contributed by atoms with van der Waals surface area (Å²) in [5.74, 6) is 1.32. The van der Waals surface area contributed by atoms with Crippen LogP contribution in [0.1, 0.15) is 22.8 Å². The van der Waals surface area contributed by atoms with Gasteiger partial charge in [0.15, 0.2) is 0 Å². The van der Waals surface area contributed by atoms with Crippen LogP contribution < -0.4 is 10.5 Å². The molecule has 10 nitrogen and oxygen atoms in total. The molecule has 0 spiro atoms. The second-order valence-electron chi connectivity index (χ2n) is 5.77. The average Bonchev–Trinajstić information content (AvgIpc) is 2.96. The van der Waals surface area contributed by atoms with Crippen LogP contribution >= 0.6 is 11.6 Å². The van der Waals surface area contributed by atoms with Crippen molar-refractivity contribution in [3.63, 3.8) is 0 Å². The Morgan fingerprint density at radius 1 is 1.37 bits per heavy atom. The van der Waals surface area contributed by atoms with E-state index in [9.17, 15) is 10.1 Å². The van der Waals surface area contributed by atoms with Crippen molar-refractivity contribution in [1.82, 2.24) is 25.0 Å². The van der Waals surface area contributed by atoms with E-state index in [1.807, 2.05) is 6.92 Å². The number of nitro benzene ring substituents is 1. The molecule has 0 amide bonds. The minimum Gasteiger partial charge on any atom is -0.486 e. The maximum Gasteiger partial charge on any atom is 0.271 e. The van der Waals surface area contributed by atoms with Gasteiger partial charge in [-0.1, -0.05) is 16.8 Å². The third-order valence-corrected chi connectivity index (χ3v) is 4.20. The zero-order chi connectivity index (χ0) is 19.6. The monoisotopic (exact) mass is 389 g/mol. The first-order chi connectivity index (χ1) is 12.8. The standard InChI is InChI=1S/C16H16ClN7O3/c1-9-14(8-27-15-4-3-12(24(25)26)5-13(15)17)21-22-23(9)7-11-6-19-10(2)20-16(11)18/h3-6H,7-8H2,1-2H3,(H2,18,19,20). The highest BCUT2D eigenvalue weighted by Gasteiger charge is 2.14. The Bertz CT molecular complexity index is 1010. The van der Waals surface area contributed by atoms with Gasteiger partial charge in [-0.3, -0.25) is 10.1 Å². The van der Waals surface area contributed by atoms with Crippen LogP contribution in [0.3, 0.4) is 0 Å². The van der Waals surface area contributed by atoms with Crippen molar-refractivity contribution in [3.05, 3.63) is 62.3 Å². The molecule has 2 N–H and O–H groups in total. The van der Waals surface area contributed by atoms with Crippen molar-refractivity contribution in [2.24, 2.45) is 0 Å². The highest BCUT2D eigenvalue weighted by Crippen LogP contribution is 2.29. The summed E-state index contributed by atoms with van der Waals surface area (Å²) in [6.45, 7) is 4.10. The van der Waals surface area contributed by atoms with E-state index >= 15 is 0 Å². The third kappa shape index (κ3) is 4.11. The molecule has 0 fully saturated rings. The van der Waals surface area contributed by atoms with E-state index in [1.165, 1.54) is 18.2 Å². The van der Waals surface area contributed by atoms with Gasteiger partial charge in [0.25, 0.3) is 5.69 Å². The van der Waals surface area contributed by atoms with Crippen molar-refractivity contribution in [2.75, 3.05) is 5.73 Å². The Labute approximate surface area is 159 Å². The summed E-state index contributed by atoms with van der Waals surface area (Å²) in [6, 6.07) is 4.01. The van der Waals surface area contributed by atoms with Gasteiger partial charge in [0, 0.05) is 23.9 Å². The van der Waals surface area contributed by atoms with E-state index in [0.717, 1.165) is 11.3 Å². The van der Waals surface area contributed by atoms with E-state index in [4.69, 9.17) is 22.1 Å². The van der Waals surface area contributed by atoms with Gasteiger partial charge < -0.3 is 10.5 Å². The van der Waals surface area contributed by atoms with E-state index in [1.54, 1.807) is 17.8 Å². The molecule has 0 bridgehead atoms. The fourth-order valence-electron chi connectivity index (χ4n) is 2.34. The Hall–Kier alpha value is -3.27. The zero-order valence-corrected chi connectivity index (χ0v) is 15.3. The molecule has 1 aromatic carbocycles. The normalized spacial score (nSPS) is 10.8. The number of benzene rings is 1. The van der Waals surface area contributed by atoms with Gasteiger partial charge in [0.2, 0.25) is 0 Å². The fraction of sp³-hybridized carbons (Fsp3) is 0.250. The molecule has 0 aliphatic rings. The summed E-state index contributed by atoms with van der Waals surface area (Å²) < 4.78 is 7.29. The van der Waals surface area contributed by atoms with Crippen molar-refractivity contribution >= 4 is 23.1 Å². The number of aryl methyl sites for hydroxylation is 1. The summed E-state index contributed by atoms with van der Waals surface area (Å²) in [5.41, 5.74) is 7.93. The lowest BCUT2D eigenvalue weighted by molar-refractivity contribution is -0.384. The molecule has 2 aromatic heterocycles. The van der Waals surface area contributed by atoms with Crippen LogP contribution in [0.4, 0.5) is 11.5 Å². The van der Waals surface area contributed by atoms with Crippen LogP contribution in [0.15, 0.2) is 24.4 Å². The Balaban J connectivity index is 1.71. The van der Waals surface area contributed by atoms with E-state index < -0.39 is 4.92 Å². The molecule has 27 heavy (non-hydrogen) atoms.